The Morgan fingerprint density at radius 3 is 2.51 bits per heavy atom. The summed E-state index contributed by atoms with van der Waals surface area (Å²) in [5, 5.41) is 7.00. The SMILES string of the molecule is CCOC(=O)c1ccc(C(=O)Nc2cc(Nc3ncc4cccc(-c5ccc(=O)[nH]c5)c4n3)ccc2C)cc1. The molecule has 5 rings (SSSR count). The first-order valence-corrected chi connectivity index (χ1v) is 12.3. The molecule has 2 aromatic heterocycles. The third-order valence-corrected chi connectivity index (χ3v) is 6.11. The molecule has 3 aromatic carbocycles. The van der Waals surface area contributed by atoms with Crippen molar-refractivity contribution in [3.63, 3.8) is 0 Å². The van der Waals surface area contributed by atoms with Gasteiger partial charge in [0.05, 0.1) is 17.7 Å². The Labute approximate surface area is 223 Å². The predicted octanol–water partition coefficient (Wildman–Crippen LogP) is 5.47. The van der Waals surface area contributed by atoms with Crippen LogP contribution in [0.2, 0.25) is 0 Å². The van der Waals surface area contributed by atoms with Crippen LogP contribution in [0.4, 0.5) is 17.3 Å². The molecular formula is C30H25N5O4. The number of aryl methyl sites for hydroxylation is 1. The Morgan fingerprint density at radius 1 is 0.974 bits per heavy atom. The van der Waals surface area contributed by atoms with Crippen molar-refractivity contribution in [2.75, 3.05) is 17.2 Å². The standard InChI is InChI=1S/C30H25N5O4/c1-3-39-29(38)20-10-8-19(9-11-20)28(37)34-25-15-23(13-7-18(25)2)33-30-32-17-22-5-4-6-24(27(22)35-30)21-12-14-26(36)31-16-21/h4-17H,3H2,1-2H3,(H,31,36)(H,34,37)(H,32,33,35). The maximum Gasteiger partial charge on any atom is 0.338 e. The van der Waals surface area contributed by atoms with Gasteiger partial charge in [-0.15, -0.1) is 0 Å². The number of anilines is 3. The topological polar surface area (TPSA) is 126 Å². The molecule has 3 N–H and O–H groups in total. The number of pyridine rings is 1. The van der Waals surface area contributed by atoms with Crippen molar-refractivity contribution in [3.8, 4) is 11.1 Å². The van der Waals surface area contributed by atoms with Gasteiger partial charge in [0.25, 0.3) is 5.91 Å². The molecule has 0 unspecified atom stereocenters. The molecule has 5 aromatic rings. The van der Waals surface area contributed by atoms with Gasteiger partial charge in [-0.25, -0.2) is 14.8 Å². The van der Waals surface area contributed by atoms with Crippen LogP contribution in [0.3, 0.4) is 0 Å². The maximum atomic E-state index is 12.9. The molecule has 0 aliphatic carbocycles. The molecule has 0 spiro atoms. The van der Waals surface area contributed by atoms with E-state index >= 15 is 0 Å². The lowest BCUT2D eigenvalue weighted by atomic mass is 10.0. The first-order valence-electron chi connectivity index (χ1n) is 12.3. The minimum absolute atomic E-state index is 0.174. The molecule has 0 aliphatic rings. The molecule has 2 heterocycles. The van der Waals surface area contributed by atoms with E-state index in [1.807, 2.05) is 43.3 Å². The third-order valence-electron chi connectivity index (χ3n) is 6.11. The van der Waals surface area contributed by atoms with Gasteiger partial charge in [0.1, 0.15) is 0 Å². The van der Waals surface area contributed by atoms with Crippen molar-refractivity contribution in [2.24, 2.45) is 0 Å². The number of rotatable bonds is 7. The molecule has 0 radical (unpaired) electrons. The van der Waals surface area contributed by atoms with Gasteiger partial charge in [-0.05, 0) is 61.9 Å². The van der Waals surface area contributed by atoms with Crippen LogP contribution in [0, 0.1) is 6.92 Å². The van der Waals surface area contributed by atoms with Crippen LogP contribution in [-0.2, 0) is 4.74 Å². The lowest BCUT2D eigenvalue weighted by Gasteiger charge is -2.13. The summed E-state index contributed by atoms with van der Waals surface area (Å²) < 4.78 is 4.99. The molecule has 9 heteroatoms. The highest BCUT2D eigenvalue weighted by Crippen LogP contribution is 2.28. The number of aromatic nitrogens is 3. The summed E-state index contributed by atoms with van der Waals surface area (Å²) in [7, 11) is 0. The van der Waals surface area contributed by atoms with E-state index in [0.29, 0.717) is 28.5 Å². The number of H-pyrrole nitrogens is 1. The van der Waals surface area contributed by atoms with E-state index in [4.69, 9.17) is 9.72 Å². The van der Waals surface area contributed by atoms with Crippen LogP contribution in [0.5, 0.6) is 0 Å². The zero-order valence-corrected chi connectivity index (χ0v) is 21.3. The van der Waals surface area contributed by atoms with E-state index in [0.717, 1.165) is 27.6 Å². The molecule has 9 nitrogen and oxygen atoms in total. The number of benzene rings is 3. The van der Waals surface area contributed by atoms with Crippen LogP contribution in [0.15, 0.2) is 90.0 Å². The Hall–Kier alpha value is -5.31. The number of nitrogens with zero attached hydrogens (tertiary/aromatic N) is 2. The van der Waals surface area contributed by atoms with Gasteiger partial charge in [-0.1, -0.05) is 24.3 Å². The fraction of sp³-hybridized carbons (Fsp3) is 0.100. The Morgan fingerprint density at radius 2 is 1.77 bits per heavy atom. The number of hydrogen-bond acceptors (Lipinski definition) is 7. The van der Waals surface area contributed by atoms with Crippen LogP contribution >= 0.6 is 0 Å². The maximum absolute atomic E-state index is 12.9. The first-order chi connectivity index (χ1) is 18.9. The van der Waals surface area contributed by atoms with E-state index in [-0.39, 0.29) is 18.1 Å². The van der Waals surface area contributed by atoms with Crippen LogP contribution < -0.4 is 16.2 Å². The second-order valence-electron chi connectivity index (χ2n) is 8.79. The van der Waals surface area contributed by atoms with Gasteiger partial charge in [-0.3, -0.25) is 9.59 Å². The number of carbonyl (C=O) groups is 2. The highest BCUT2D eigenvalue weighted by molar-refractivity contribution is 6.05. The van der Waals surface area contributed by atoms with E-state index in [9.17, 15) is 14.4 Å². The summed E-state index contributed by atoms with van der Waals surface area (Å²) in [4.78, 5) is 48.1. The van der Waals surface area contributed by atoms with Crippen molar-refractivity contribution in [1.29, 1.82) is 0 Å². The number of nitrogens with one attached hydrogen (secondary N) is 3. The van der Waals surface area contributed by atoms with Crippen molar-refractivity contribution >= 4 is 40.1 Å². The van der Waals surface area contributed by atoms with Gasteiger partial charge in [0.2, 0.25) is 11.5 Å². The molecule has 0 saturated heterocycles. The van der Waals surface area contributed by atoms with Gasteiger partial charge < -0.3 is 20.4 Å². The molecule has 1 amide bonds. The zero-order chi connectivity index (χ0) is 27.4. The summed E-state index contributed by atoms with van der Waals surface area (Å²) in [6.45, 7) is 3.92. The average molecular weight is 520 g/mol. The van der Waals surface area contributed by atoms with Crippen LogP contribution in [-0.4, -0.2) is 33.4 Å². The van der Waals surface area contributed by atoms with E-state index in [1.54, 1.807) is 49.6 Å². The molecule has 0 bridgehead atoms. The fourth-order valence-corrected chi connectivity index (χ4v) is 4.06. The normalized spacial score (nSPS) is 10.7. The number of ether oxygens (including phenoxy) is 1. The van der Waals surface area contributed by atoms with Crippen molar-refractivity contribution in [3.05, 3.63) is 112 Å². The molecule has 0 aliphatic heterocycles. The Bertz CT molecular complexity index is 1730. The number of para-hydroxylation sites is 1. The highest BCUT2D eigenvalue weighted by atomic mass is 16.5. The monoisotopic (exact) mass is 519 g/mol. The summed E-state index contributed by atoms with van der Waals surface area (Å²) in [6.07, 6.45) is 3.39. The van der Waals surface area contributed by atoms with Gasteiger partial charge in [0, 0.05) is 51.9 Å². The van der Waals surface area contributed by atoms with Crippen LogP contribution in [0.25, 0.3) is 22.0 Å². The number of esters is 1. The van der Waals surface area contributed by atoms with Gasteiger partial charge in [-0.2, -0.15) is 0 Å². The van der Waals surface area contributed by atoms with Crippen molar-refractivity contribution in [2.45, 2.75) is 13.8 Å². The lowest BCUT2D eigenvalue weighted by Crippen LogP contribution is -2.13. The quantitative estimate of drug-likeness (QED) is 0.244. The summed E-state index contributed by atoms with van der Waals surface area (Å²) in [6, 6.07) is 20.9. The van der Waals surface area contributed by atoms with Crippen molar-refractivity contribution in [1.82, 2.24) is 15.0 Å². The minimum Gasteiger partial charge on any atom is -0.462 e. The van der Waals surface area contributed by atoms with E-state index in [1.165, 1.54) is 6.07 Å². The number of aromatic amines is 1. The molecule has 39 heavy (non-hydrogen) atoms. The molecular weight excluding hydrogens is 494 g/mol. The molecule has 194 valence electrons. The zero-order valence-electron chi connectivity index (χ0n) is 21.3. The number of fused-ring (bicyclic) bond motifs is 1. The number of hydrogen-bond donors (Lipinski definition) is 3. The van der Waals surface area contributed by atoms with Crippen molar-refractivity contribution < 1.29 is 14.3 Å². The predicted molar refractivity (Wildman–Crippen MR) is 150 cm³/mol. The molecule has 0 fully saturated rings. The molecule has 0 saturated carbocycles. The van der Waals surface area contributed by atoms with Gasteiger partial charge >= 0.3 is 5.97 Å². The summed E-state index contributed by atoms with van der Waals surface area (Å²) in [5.41, 5.74) is 5.23. The summed E-state index contributed by atoms with van der Waals surface area (Å²) in [5.74, 6) is -0.353. The van der Waals surface area contributed by atoms with Gasteiger partial charge in [0.15, 0.2) is 0 Å². The second kappa shape index (κ2) is 11.0. The summed E-state index contributed by atoms with van der Waals surface area (Å²) >= 11 is 0. The largest absolute Gasteiger partial charge is 0.462 e. The third kappa shape index (κ3) is 5.67. The second-order valence-corrected chi connectivity index (χ2v) is 8.79. The Kier molecular flexibility index (Phi) is 7.13. The van der Waals surface area contributed by atoms with E-state index in [2.05, 4.69) is 20.6 Å². The Balaban J connectivity index is 1.37. The average Bonchev–Trinajstić information content (AvgIpc) is 2.95. The van der Waals surface area contributed by atoms with E-state index < -0.39 is 5.97 Å². The highest BCUT2D eigenvalue weighted by Gasteiger charge is 2.12. The number of amides is 1. The first kappa shape index (κ1) is 25.3. The number of carbonyl (C=O) groups excluding carboxylic acids is 2. The fourth-order valence-electron chi connectivity index (χ4n) is 4.06. The van der Waals surface area contributed by atoms with Crippen LogP contribution in [0.1, 0.15) is 33.2 Å². The minimum atomic E-state index is -0.430. The lowest BCUT2D eigenvalue weighted by molar-refractivity contribution is 0.0526. The smallest absolute Gasteiger partial charge is 0.338 e. The molecule has 0 atom stereocenters.